The van der Waals surface area contributed by atoms with Crippen molar-refractivity contribution in [1.82, 2.24) is 20.2 Å². The van der Waals surface area contributed by atoms with E-state index in [4.69, 9.17) is 0 Å². The number of H-pyrrole nitrogens is 1. The van der Waals surface area contributed by atoms with Crippen LogP contribution in [0.1, 0.15) is 28.7 Å². The maximum absolute atomic E-state index is 12.0. The SMILES string of the molecule is CC(=NNC(=O)c1cc(C)nn1C)c1c(O)sc(=O)[nH]c1=O. The van der Waals surface area contributed by atoms with E-state index in [0.717, 1.165) is 0 Å². The molecule has 3 N–H and O–H groups in total. The van der Waals surface area contributed by atoms with Crippen molar-refractivity contribution in [3.8, 4) is 5.06 Å². The monoisotopic (exact) mass is 323 g/mol. The molecule has 2 aromatic heterocycles. The van der Waals surface area contributed by atoms with E-state index in [1.807, 2.05) is 4.98 Å². The summed E-state index contributed by atoms with van der Waals surface area (Å²) in [7, 11) is 1.61. The minimum atomic E-state index is -0.770. The van der Waals surface area contributed by atoms with E-state index in [1.54, 1.807) is 20.0 Å². The van der Waals surface area contributed by atoms with Gasteiger partial charge in [0.15, 0.2) is 5.06 Å². The van der Waals surface area contributed by atoms with E-state index in [9.17, 15) is 19.5 Å². The molecule has 0 unspecified atom stereocenters. The van der Waals surface area contributed by atoms with E-state index in [1.165, 1.54) is 11.6 Å². The maximum Gasteiger partial charge on any atom is 0.310 e. The Kier molecular flexibility index (Phi) is 4.22. The number of carbonyl (C=O) groups is 1. The summed E-state index contributed by atoms with van der Waals surface area (Å²) in [6.07, 6.45) is 0. The summed E-state index contributed by atoms with van der Waals surface area (Å²) in [4.78, 5) is 36.0. The van der Waals surface area contributed by atoms with Crippen molar-refractivity contribution in [3.05, 3.63) is 43.0 Å². The standard InChI is InChI=1S/C12H13N5O4S/c1-5-4-7(17(3)16-5)9(18)15-14-6(2)8-10(19)13-12(21)22-11(8)20/h4,20H,1-3H3,(H,15,18)(H,13,19,21). The number of nitrogens with zero attached hydrogens (tertiary/aromatic N) is 3. The van der Waals surface area contributed by atoms with Crippen LogP contribution >= 0.6 is 11.3 Å². The molecule has 9 nitrogen and oxygen atoms in total. The molecule has 0 radical (unpaired) electrons. The summed E-state index contributed by atoms with van der Waals surface area (Å²) < 4.78 is 1.40. The van der Waals surface area contributed by atoms with Crippen LogP contribution in [0.3, 0.4) is 0 Å². The van der Waals surface area contributed by atoms with Crippen LogP contribution in [0.5, 0.6) is 5.06 Å². The van der Waals surface area contributed by atoms with Gasteiger partial charge in [-0.1, -0.05) is 0 Å². The number of nitrogens with one attached hydrogen (secondary N) is 2. The third-order valence-corrected chi connectivity index (χ3v) is 3.45. The largest absolute Gasteiger partial charge is 0.499 e. The first kappa shape index (κ1) is 15.6. The van der Waals surface area contributed by atoms with E-state index < -0.39 is 21.4 Å². The first-order valence-electron chi connectivity index (χ1n) is 6.11. The van der Waals surface area contributed by atoms with Crippen LogP contribution < -0.4 is 15.9 Å². The molecule has 2 rings (SSSR count). The molecule has 10 heteroatoms. The van der Waals surface area contributed by atoms with Crippen molar-refractivity contribution in [3.63, 3.8) is 0 Å². The Morgan fingerprint density at radius 2 is 2.18 bits per heavy atom. The highest BCUT2D eigenvalue weighted by Crippen LogP contribution is 2.15. The van der Waals surface area contributed by atoms with E-state index >= 15 is 0 Å². The van der Waals surface area contributed by atoms with Gasteiger partial charge in [-0.2, -0.15) is 10.2 Å². The van der Waals surface area contributed by atoms with Crippen molar-refractivity contribution in [2.45, 2.75) is 13.8 Å². The lowest BCUT2D eigenvalue weighted by Crippen LogP contribution is -2.26. The van der Waals surface area contributed by atoms with Crippen LogP contribution in [0.25, 0.3) is 0 Å². The van der Waals surface area contributed by atoms with Crippen LogP contribution in [-0.2, 0) is 7.05 Å². The lowest BCUT2D eigenvalue weighted by Gasteiger charge is -2.03. The molecule has 0 aliphatic heterocycles. The average Bonchev–Trinajstić information content (AvgIpc) is 2.74. The number of hydrogen-bond donors (Lipinski definition) is 3. The summed E-state index contributed by atoms with van der Waals surface area (Å²) >= 11 is 0.475. The molecule has 0 fully saturated rings. The molecule has 0 spiro atoms. The van der Waals surface area contributed by atoms with E-state index in [2.05, 4.69) is 15.6 Å². The van der Waals surface area contributed by atoms with Gasteiger partial charge in [-0.05, 0) is 31.3 Å². The summed E-state index contributed by atoms with van der Waals surface area (Å²) in [6, 6.07) is 1.58. The minimum Gasteiger partial charge on any atom is -0.499 e. The molecular weight excluding hydrogens is 310 g/mol. The predicted molar refractivity (Wildman–Crippen MR) is 80.5 cm³/mol. The van der Waals surface area contributed by atoms with Gasteiger partial charge in [0.05, 0.1) is 11.4 Å². The van der Waals surface area contributed by atoms with Gasteiger partial charge in [-0.3, -0.25) is 24.0 Å². The fraction of sp³-hybridized carbons (Fsp3) is 0.250. The first-order chi connectivity index (χ1) is 10.3. The summed E-state index contributed by atoms with van der Waals surface area (Å²) in [5.41, 5.74) is 2.38. The lowest BCUT2D eigenvalue weighted by molar-refractivity contribution is 0.0945. The number of aryl methyl sites for hydroxylation is 2. The van der Waals surface area contributed by atoms with Crippen LogP contribution in [0, 0.1) is 6.92 Å². The number of rotatable bonds is 3. The zero-order valence-electron chi connectivity index (χ0n) is 12.0. The molecule has 2 heterocycles. The van der Waals surface area contributed by atoms with Crippen LogP contribution in [-0.4, -0.2) is 31.5 Å². The van der Waals surface area contributed by atoms with Crippen LogP contribution in [0.15, 0.2) is 20.8 Å². The van der Waals surface area contributed by atoms with Crippen molar-refractivity contribution in [2.75, 3.05) is 0 Å². The Labute approximate surface area is 127 Å². The van der Waals surface area contributed by atoms with E-state index in [-0.39, 0.29) is 11.3 Å². The molecule has 0 aliphatic carbocycles. The molecule has 0 bridgehead atoms. The third-order valence-electron chi connectivity index (χ3n) is 2.77. The highest BCUT2D eigenvalue weighted by Gasteiger charge is 2.14. The molecule has 0 saturated heterocycles. The fourth-order valence-electron chi connectivity index (χ4n) is 1.81. The molecule has 2 aromatic rings. The van der Waals surface area contributed by atoms with Gasteiger partial charge in [0.1, 0.15) is 11.3 Å². The molecule has 0 aromatic carbocycles. The van der Waals surface area contributed by atoms with Crippen molar-refractivity contribution >= 4 is 23.0 Å². The Balaban J connectivity index is 2.27. The summed E-state index contributed by atoms with van der Waals surface area (Å²) in [5, 5.41) is 17.0. The molecule has 116 valence electrons. The number of hydrogen-bond acceptors (Lipinski definition) is 7. The number of aromatic nitrogens is 3. The second kappa shape index (κ2) is 5.93. The highest BCUT2D eigenvalue weighted by molar-refractivity contribution is 7.11. The maximum atomic E-state index is 12.0. The van der Waals surface area contributed by atoms with Gasteiger partial charge in [0.25, 0.3) is 11.5 Å². The van der Waals surface area contributed by atoms with Crippen LogP contribution in [0.2, 0.25) is 0 Å². The first-order valence-corrected chi connectivity index (χ1v) is 6.93. The van der Waals surface area contributed by atoms with Gasteiger partial charge in [0.2, 0.25) is 0 Å². The number of aromatic amines is 1. The normalized spacial score (nSPS) is 11.5. The van der Waals surface area contributed by atoms with Gasteiger partial charge in [0, 0.05) is 7.05 Å². The number of carbonyl (C=O) groups excluding carboxylic acids is 1. The van der Waals surface area contributed by atoms with Crippen LogP contribution in [0.4, 0.5) is 0 Å². The Bertz CT molecular complexity index is 876. The molecular formula is C12H13N5O4S. The summed E-state index contributed by atoms with van der Waals surface area (Å²) in [6.45, 7) is 3.17. The zero-order valence-corrected chi connectivity index (χ0v) is 12.8. The third kappa shape index (κ3) is 3.11. The average molecular weight is 323 g/mol. The quantitative estimate of drug-likeness (QED) is 0.527. The number of hydrazone groups is 1. The number of aromatic hydroxyl groups is 1. The minimum absolute atomic E-state index is 0.0715. The van der Waals surface area contributed by atoms with Crippen molar-refractivity contribution in [2.24, 2.45) is 12.1 Å². The second-order valence-corrected chi connectivity index (χ2v) is 5.42. The fourth-order valence-corrected chi connectivity index (χ4v) is 2.47. The molecule has 1 amide bonds. The predicted octanol–water partition coefficient (Wildman–Crippen LogP) is -0.302. The zero-order chi connectivity index (χ0) is 16.4. The molecule has 0 atom stereocenters. The second-order valence-electron chi connectivity index (χ2n) is 4.46. The highest BCUT2D eigenvalue weighted by atomic mass is 32.1. The van der Waals surface area contributed by atoms with Gasteiger partial charge < -0.3 is 5.11 Å². The number of amides is 1. The smallest absolute Gasteiger partial charge is 0.310 e. The Morgan fingerprint density at radius 3 is 2.73 bits per heavy atom. The van der Waals surface area contributed by atoms with Gasteiger partial charge in [-0.25, -0.2) is 5.43 Å². The van der Waals surface area contributed by atoms with E-state index in [0.29, 0.717) is 22.7 Å². The van der Waals surface area contributed by atoms with Gasteiger partial charge in [-0.15, -0.1) is 0 Å². The Morgan fingerprint density at radius 1 is 1.50 bits per heavy atom. The molecule has 22 heavy (non-hydrogen) atoms. The van der Waals surface area contributed by atoms with Crippen molar-refractivity contribution < 1.29 is 9.90 Å². The molecule has 0 aliphatic rings. The van der Waals surface area contributed by atoms with Crippen molar-refractivity contribution in [1.29, 1.82) is 0 Å². The topological polar surface area (TPSA) is 129 Å². The summed E-state index contributed by atoms with van der Waals surface area (Å²) in [5.74, 6) is -0.512. The van der Waals surface area contributed by atoms with Gasteiger partial charge >= 0.3 is 4.87 Å². The lowest BCUT2D eigenvalue weighted by atomic mass is 10.2. The Hall–Kier alpha value is -2.75. The molecule has 0 saturated carbocycles.